The predicted octanol–water partition coefficient (Wildman–Crippen LogP) is 1.96. The van der Waals surface area contributed by atoms with Crippen molar-refractivity contribution in [1.29, 1.82) is 0 Å². The lowest BCUT2D eigenvalue weighted by molar-refractivity contribution is -0.127. The second-order valence-electron chi connectivity index (χ2n) is 6.22. The van der Waals surface area contributed by atoms with Gasteiger partial charge in [-0.2, -0.15) is 0 Å². The Morgan fingerprint density at radius 2 is 2.15 bits per heavy atom. The number of fused-ring (bicyclic) bond motifs is 2. The van der Waals surface area contributed by atoms with Crippen LogP contribution in [-0.4, -0.2) is 23.5 Å². The van der Waals surface area contributed by atoms with Gasteiger partial charge in [-0.3, -0.25) is 4.79 Å². The predicted molar refractivity (Wildman–Crippen MR) is 80.4 cm³/mol. The van der Waals surface area contributed by atoms with Crippen LogP contribution in [0.3, 0.4) is 0 Å². The first-order valence-corrected chi connectivity index (χ1v) is 8.58. The van der Waals surface area contributed by atoms with E-state index < -0.39 is 0 Å². The fourth-order valence-corrected chi connectivity index (χ4v) is 4.42. The van der Waals surface area contributed by atoms with Crippen LogP contribution >= 0.6 is 11.3 Å². The number of aromatic nitrogens is 1. The molecule has 2 aliphatic carbocycles. The molecule has 3 rings (SSSR count). The first kappa shape index (κ1) is 14.0. The number of carbonyl (C=O) groups excluding carboxylic acids is 1. The minimum absolute atomic E-state index is 0.181. The maximum Gasteiger partial charge on any atom is 0.223 e. The van der Waals surface area contributed by atoms with Crippen molar-refractivity contribution in [3.05, 3.63) is 16.6 Å². The zero-order chi connectivity index (χ0) is 13.9. The van der Waals surface area contributed by atoms with Crippen molar-refractivity contribution in [1.82, 2.24) is 10.3 Å². The van der Waals surface area contributed by atoms with Crippen LogP contribution < -0.4 is 11.1 Å². The van der Waals surface area contributed by atoms with Crippen molar-refractivity contribution in [3.8, 4) is 0 Å². The van der Waals surface area contributed by atoms with Gasteiger partial charge in [0, 0.05) is 30.3 Å². The molecular weight excluding hydrogens is 270 g/mol. The van der Waals surface area contributed by atoms with Crippen LogP contribution in [0.15, 0.2) is 10.9 Å². The molecule has 2 bridgehead atoms. The van der Waals surface area contributed by atoms with Gasteiger partial charge < -0.3 is 11.1 Å². The molecule has 1 heterocycles. The summed E-state index contributed by atoms with van der Waals surface area (Å²) in [6, 6.07) is 0.336. The topological polar surface area (TPSA) is 68.0 Å². The third-order valence-corrected chi connectivity index (χ3v) is 5.58. The molecule has 2 aliphatic rings. The van der Waals surface area contributed by atoms with E-state index in [1.165, 1.54) is 19.3 Å². The smallest absolute Gasteiger partial charge is 0.223 e. The number of carbonyl (C=O) groups is 1. The molecule has 1 amide bonds. The lowest BCUT2D eigenvalue weighted by atomic mass is 9.65. The SMILES string of the molecule is NC1C2CCCC1CC(C(=O)NCCc1cscn1)C2. The summed E-state index contributed by atoms with van der Waals surface area (Å²) < 4.78 is 0. The van der Waals surface area contributed by atoms with Gasteiger partial charge in [0.1, 0.15) is 0 Å². The maximum atomic E-state index is 12.3. The summed E-state index contributed by atoms with van der Waals surface area (Å²) in [6.45, 7) is 0.695. The van der Waals surface area contributed by atoms with Crippen molar-refractivity contribution in [2.75, 3.05) is 6.54 Å². The van der Waals surface area contributed by atoms with Gasteiger partial charge >= 0.3 is 0 Å². The second-order valence-corrected chi connectivity index (χ2v) is 6.94. The number of nitrogens with two attached hydrogens (primary N) is 1. The van der Waals surface area contributed by atoms with Crippen LogP contribution in [0, 0.1) is 17.8 Å². The normalized spacial score (nSPS) is 32.9. The van der Waals surface area contributed by atoms with Crippen LogP contribution in [0.5, 0.6) is 0 Å². The van der Waals surface area contributed by atoms with Crippen LogP contribution in [0.4, 0.5) is 0 Å². The molecule has 0 aliphatic heterocycles. The summed E-state index contributed by atoms with van der Waals surface area (Å²) in [5.41, 5.74) is 9.17. The molecule has 1 aromatic heterocycles. The molecule has 2 atom stereocenters. The molecule has 2 saturated carbocycles. The third kappa shape index (κ3) is 3.04. The molecule has 20 heavy (non-hydrogen) atoms. The molecule has 3 N–H and O–H groups in total. The molecule has 5 heteroatoms. The van der Waals surface area contributed by atoms with E-state index in [0.29, 0.717) is 24.4 Å². The number of amides is 1. The molecule has 4 nitrogen and oxygen atoms in total. The van der Waals surface area contributed by atoms with Gasteiger partial charge in [0.05, 0.1) is 11.2 Å². The first-order valence-electron chi connectivity index (χ1n) is 7.64. The molecule has 0 saturated heterocycles. The average molecular weight is 293 g/mol. The second kappa shape index (κ2) is 6.22. The van der Waals surface area contributed by atoms with Gasteiger partial charge in [-0.05, 0) is 37.5 Å². The molecular formula is C15H23N3OS. The Morgan fingerprint density at radius 3 is 2.80 bits per heavy atom. The molecule has 0 spiro atoms. The van der Waals surface area contributed by atoms with E-state index in [2.05, 4.69) is 10.3 Å². The first-order chi connectivity index (χ1) is 9.74. The summed E-state index contributed by atoms with van der Waals surface area (Å²) in [4.78, 5) is 16.5. The summed E-state index contributed by atoms with van der Waals surface area (Å²) in [5, 5.41) is 5.12. The van der Waals surface area contributed by atoms with E-state index in [4.69, 9.17) is 5.73 Å². The Hall–Kier alpha value is -0.940. The summed E-state index contributed by atoms with van der Waals surface area (Å²) in [6.07, 6.45) is 6.51. The Bertz CT molecular complexity index is 434. The molecule has 2 unspecified atom stereocenters. The Morgan fingerprint density at radius 1 is 1.40 bits per heavy atom. The van der Waals surface area contributed by atoms with E-state index in [9.17, 15) is 4.79 Å². The fourth-order valence-electron chi connectivity index (χ4n) is 3.82. The summed E-state index contributed by atoms with van der Waals surface area (Å²) in [5.74, 6) is 1.54. The van der Waals surface area contributed by atoms with Crippen LogP contribution in [0.1, 0.15) is 37.8 Å². The highest BCUT2D eigenvalue weighted by atomic mass is 32.1. The van der Waals surface area contributed by atoms with E-state index in [0.717, 1.165) is 25.0 Å². The standard InChI is InChI=1S/C15H23N3OS/c16-14-10-2-1-3-11(14)7-12(6-10)15(19)17-5-4-13-8-20-9-18-13/h8-12,14H,1-7,16H2,(H,17,19). The summed E-state index contributed by atoms with van der Waals surface area (Å²) >= 11 is 1.60. The van der Waals surface area contributed by atoms with Gasteiger partial charge in [-0.15, -0.1) is 11.3 Å². The average Bonchev–Trinajstić information content (AvgIpc) is 2.91. The number of hydrogen-bond donors (Lipinski definition) is 2. The molecule has 110 valence electrons. The molecule has 0 aromatic carbocycles. The van der Waals surface area contributed by atoms with Gasteiger partial charge in [0.2, 0.25) is 5.91 Å². The molecule has 1 aromatic rings. The number of thiazole rings is 1. The minimum Gasteiger partial charge on any atom is -0.355 e. The highest BCUT2D eigenvalue weighted by Gasteiger charge is 2.40. The van der Waals surface area contributed by atoms with Gasteiger partial charge in [0.25, 0.3) is 0 Å². The zero-order valence-corrected chi connectivity index (χ0v) is 12.6. The highest BCUT2D eigenvalue weighted by Crippen LogP contribution is 2.41. The summed E-state index contributed by atoms with van der Waals surface area (Å²) in [7, 11) is 0. The van der Waals surface area contributed by atoms with Gasteiger partial charge in [0.15, 0.2) is 0 Å². The van der Waals surface area contributed by atoms with Crippen LogP contribution in [0.25, 0.3) is 0 Å². The Kier molecular flexibility index (Phi) is 4.36. The molecule has 2 fully saturated rings. The van der Waals surface area contributed by atoms with Crippen molar-refractivity contribution < 1.29 is 4.79 Å². The number of nitrogens with one attached hydrogen (secondary N) is 1. The zero-order valence-electron chi connectivity index (χ0n) is 11.8. The lowest BCUT2D eigenvalue weighted by Gasteiger charge is -2.43. The number of rotatable bonds is 4. The van der Waals surface area contributed by atoms with Gasteiger partial charge in [-0.1, -0.05) is 6.42 Å². The number of hydrogen-bond acceptors (Lipinski definition) is 4. The minimum atomic E-state index is 0.181. The number of nitrogens with zero attached hydrogens (tertiary/aromatic N) is 1. The quantitative estimate of drug-likeness (QED) is 0.891. The van der Waals surface area contributed by atoms with E-state index in [1.54, 1.807) is 11.3 Å². The fraction of sp³-hybridized carbons (Fsp3) is 0.733. The van der Waals surface area contributed by atoms with Crippen LogP contribution in [-0.2, 0) is 11.2 Å². The van der Waals surface area contributed by atoms with Crippen molar-refractivity contribution in [3.63, 3.8) is 0 Å². The molecule has 0 radical (unpaired) electrons. The van der Waals surface area contributed by atoms with Crippen molar-refractivity contribution >= 4 is 17.2 Å². The maximum absolute atomic E-state index is 12.3. The van der Waals surface area contributed by atoms with Crippen molar-refractivity contribution in [2.45, 2.75) is 44.6 Å². The van der Waals surface area contributed by atoms with Gasteiger partial charge in [-0.25, -0.2) is 4.98 Å². The third-order valence-electron chi connectivity index (χ3n) is 4.95. The highest BCUT2D eigenvalue weighted by molar-refractivity contribution is 7.07. The van der Waals surface area contributed by atoms with Crippen LogP contribution in [0.2, 0.25) is 0 Å². The van der Waals surface area contributed by atoms with Crippen molar-refractivity contribution in [2.24, 2.45) is 23.5 Å². The monoisotopic (exact) mass is 293 g/mol. The Labute approximate surface area is 124 Å². The van der Waals surface area contributed by atoms with E-state index in [-0.39, 0.29) is 11.8 Å². The lowest BCUT2D eigenvalue weighted by Crippen LogP contribution is -2.49. The van der Waals surface area contributed by atoms with E-state index in [1.807, 2.05) is 10.9 Å². The Balaban J connectivity index is 1.48. The van der Waals surface area contributed by atoms with E-state index >= 15 is 0 Å². The largest absolute Gasteiger partial charge is 0.355 e.